The highest BCUT2D eigenvalue weighted by Gasteiger charge is 2.20. The van der Waals surface area contributed by atoms with E-state index in [1.54, 1.807) is 11.3 Å². The molecule has 2 heterocycles. The Morgan fingerprint density at radius 3 is 2.84 bits per heavy atom. The summed E-state index contributed by atoms with van der Waals surface area (Å²) in [5.74, 6) is 1.78. The maximum Gasteiger partial charge on any atom is 0.225 e. The van der Waals surface area contributed by atoms with Crippen molar-refractivity contribution in [3.8, 4) is 0 Å². The number of halogens is 1. The van der Waals surface area contributed by atoms with Crippen molar-refractivity contribution < 1.29 is 0 Å². The number of hydrogen-bond acceptors (Lipinski definition) is 4. The fraction of sp³-hybridized carbons (Fsp3) is 0.571. The van der Waals surface area contributed by atoms with Gasteiger partial charge in [0.2, 0.25) is 5.28 Å². The van der Waals surface area contributed by atoms with Gasteiger partial charge in [0.1, 0.15) is 10.6 Å². The topological polar surface area (TPSA) is 29.0 Å². The molecule has 19 heavy (non-hydrogen) atoms. The third-order valence-electron chi connectivity index (χ3n) is 3.84. The van der Waals surface area contributed by atoms with E-state index < -0.39 is 0 Å². The Balaban J connectivity index is 1.93. The standard InChI is InChI=1S/C14H18ClN3S/c1-9-7-11-12(16-14(15)17-13(11)19-9)18(2)8-10-5-3-4-6-10/h7,10H,3-6,8H2,1-2H3. The van der Waals surface area contributed by atoms with Crippen molar-refractivity contribution in [2.75, 3.05) is 18.5 Å². The van der Waals surface area contributed by atoms with Gasteiger partial charge >= 0.3 is 0 Å². The van der Waals surface area contributed by atoms with Crippen LogP contribution in [0.15, 0.2) is 6.07 Å². The summed E-state index contributed by atoms with van der Waals surface area (Å²) >= 11 is 7.73. The number of anilines is 1. The molecule has 1 fully saturated rings. The molecule has 0 bridgehead atoms. The summed E-state index contributed by atoms with van der Waals surface area (Å²) in [6.07, 6.45) is 5.43. The summed E-state index contributed by atoms with van der Waals surface area (Å²) in [6.45, 7) is 3.17. The molecule has 0 N–H and O–H groups in total. The molecule has 0 radical (unpaired) electrons. The Morgan fingerprint density at radius 1 is 1.37 bits per heavy atom. The lowest BCUT2D eigenvalue weighted by molar-refractivity contribution is 0.545. The van der Waals surface area contributed by atoms with Crippen LogP contribution in [0.2, 0.25) is 5.28 Å². The van der Waals surface area contributed by atoms with Crippen LogP contribution in [-0.4, -0.2) is 23.6 Å². The van der Waals surface area contributed by atoms with Crippen LogP contribution in [0.3, 0.4) is 0 Å². The molecule has 0 atom stereocenters. The molecule has 102 valence electrons. The van der Waals surface area contributed by atoms with Gasteiger partial charge in [0.25, 0.3) is 0 Å². The third-order valence-corrected chi connectivity index (χ3v) is 4.95. The van der Waals surface area contributed by atoms with E-state index in [1.165, 1.54) is 30.6 Å². The lowest BCUT2D eigenvalue weighted by atomic mass is 10.1. The summed E-state index contributed by atoms with van der Waals surface area (Å²) in [7, 11) is 2.11. The molecular weight excluding hydrogens is 278 g/mol. The summed E-state index contributed by atoms with van der Waals surface area (Å²) in [4.78, 5) is 13.3. The molecule has 3 nitrogen and oxygen atoms in total. The van der Waals surface area contributed by atoms with E-state index in [0.29, 0.717) is 5.28 Å². The molecular formula is C14H18ClN3S. The van der Waals surface area contributed by atoms with Crippen molar-refractivity contribution in [2.24, 2.45) is 5.92 Å². The average Bonchev–Trinajstić information content (AvgIpc) is 2.96. The Morgan fingerprint density at radius 2 is 2.11 bits per heavy atom. The first-order valence-corrected chi connectivity index (χ1v) is 7.98. The number of rotatable bonds is 3. The monoisotopic (exact) mass is 295 g/mol. The average molecular weight is 296 g/mol. The van der Waals surface area contributed by atoms with Gasteiger partial charge in [-0.15, -0.1) is 11.3 Å². The van der Waals surface area contributed by atoms with Crippen LogP contribution in [0.25, 0.3) is 10.2 Å². The summed E-state index contributed by atoms with van der Waals surface area (Å²) in [5, 5.41) is 1.48. The van der Waals surface area contributed by atoms with E-state index in [-0.39, 0.29) is 0 Å². The van der Waals surface area contributed by atoms with Gasteiger partial charge in [-0.3, -0.25) is 0 Å². The van der Waals surface area contributed by atoms with Crippen LogP contribution in [-0.2, 0) is 0 Å². The summed E-state index contributed by atoms with van der Waals surface area (Å²) in [5.41, 5.74) is 0. The van der Waals surface area contributed by atoms with Gasteiger partial charge in [-0.1, -0.05) is 12.8 Å². The first-order chi connectivity index (χ1) is 9.13. The second-order valence-electron chi connectivity index (χ2n) is 5.42. The zero-order valence-corrected chi connectivity index (χ0v) is 12.9. The fourth-order valence-electron chi connectivity index (χ4n) is 2.96. The Hall–Kier alpha value is -0.870. The number of fused-ring (bicyclic) bond motifs is 1. The molecule has 0 amide bonds. The predicted octanol–water partition coefficient (Wildman–Crippen LogP) is 4.28. The lowest BCUT2D eigenvalue weighted by Gasteiger charge is -2.22. The van der Waals surface area contributed by atoms with E-state index in [1.807, 2.05) is 0 Å². The zero-order valence-electron chi connectivity index (χ0n) is 11.3. The van der Waals surface area contributed by atoms with Crippen LogP contribution in [0.4, 0.5) is 5.82 Å². The van der Waals surface area contributed by atoms with E-state index >= 15 is 0 Å². The molecule has 0 unspecified atom stereocenters. The van der Waals surface area contributed by atoms with Crippen molar-refractivity contribution in [3.05, 3.63) is 16.2 Å². The lowest BCUT2D eigenvalue weighted by Crippen LogP contribution is -2.25. The van der Waals surface area contributed by atoms with Crippen LogP contribution >= 0.6 is 22.9 Å². The van der Waals surface area contributed by atoms with E-state index in [2.05, 4.69) is 34.9 Å². The fourth-order valence-corrected chi connectivity index (χ4v) is 4.05. The van der Waals surface area contributed by atoms with Gasteiger partial charge in [0.05, 0.1) is 5.39 Å². The third kappa shape index (κ3) is 2.70. The second-order valence-corrected chi connectivity index (χ2v) is 7.00. The molecule has 0 aliphatic heterocycles. The number of hydrogen-bond donors (Lipinski definition) is 0. The highest BCUT2D eigenvalue weighted by atomic mass is 35.5. The van der Waals surface area contributed by atoms with Crippen molar-refractivity contribution in [3.63, 3.8) is 0 Å². The molecule has 3 rings (SSSR count). The van der Waals surface area contributed by atoms with Gasteiger partial charge in [0.15, 0.2) is 0 Å². The Bertz CT molecular complexity index is 590. The second kappa shape index (κ2) is 5.25. The first-order valence-electron chi connectivity index (χ1n) is 6.78. The maximum atomic E-state index is 6.05. The quantitative estimate of drug-likeness (QED) is 0.792. The van der Waals surface area contributed by atoms with Gasteiger partial charge in [-0.05, 0) is 43.4 Å². The SMILES string of the molecule is Cc1cc2c(N(C)CC3CCCC3)nc(Cl)nc2s1. The van der Waals surface area contributed by atoms with Crippen LogP contribution in [0.1, 0.15) is 30.6 Å². The largest absolute Gasteiger partial charge is 0.359 e. The summed E-state index contributed by atoms with van der Waals surface area (Å²) < 4.78 is 0. The Kier molecular flexibility index (Phi) is 3.63. The maximum absolute atomic E-state index is 6.05. The van der Waals surface area contributed by atoms with Gasteiger partial charge in [-0.25, -0.2) is 4.98 Å². The summed E-state index contributed by atoms with van der Waals surface area (Å²) in [6, 6.07) is 2.16. The van der Waals surface area contributed by atoms with Gasteiger partial charge in [-0.2, -0.15) is 4.98 Å². The normalized spacial score (nSPS) is 16.4. The van der Waals surface area contributed by atoms with Crippen molar-refractivity contribution in [2.45, 2.75) is 32.6 Å². The van der Waals surface area contributed by atoms with E-state index in [9.17, 15) is 0 Å². The molecule has 1 aliphatic carbocycles. The number of nitrogens with zero attached hydrogens (tertiary/aromatic N) is 3. The van der Waals surface area contributed by atoms with Crippen molar-refractivity contribution >= 4 is 39.0 Å². The molecule has 2 aromatic rings. The highest BCUT2D eigenvalue weighted by molar-refractivity contribution is 7.18. The van der Waals surface area contributed by atoms with E-state index in [0.717, 1.165) is 28.5 Å². The molecule has 5 heteroatoms. The molecule has 1 aliphatic rings. The number of aryl methyl sites for hydroxylation is 1. The predicted molar refractivity (Wildman–Crippen MR) is 82.4 cm³/mol. The number of thiophene rings is 1. The molecule has 0 aromatic carbocycles. The minimum absolute atomic E-state index is 0.350. The van der Waals surface area contributed by atoms with Gasteiger partial charge in [0, 0.05) is 18.5 Å². The van der Waals surface area contributed by atoms with Crippen LogP contribution < -0.4 is 4.90 Å². The first kappa shape index (κ1) is 13.1. The van der Waals surface area contributed by atoms with Crippen LogP contribution in [0, 0.1) is 12.8 Å². The van der Waals surface area contributed by atoms with Crippen LogP contribution in [0.5, 0.6) is 0 Å². The minimum atomic E-state index is 0.350. The molecule has 2 aromatic heterocycles. The number of aromatic nitrogens is 2. The zero-order chi connectivity index (χ0) is 13.4. The molecule has 0 saturated heterocycles. The molecule has 0 spiro atoms. The Labute approximate surface area is 122 Å². The minimum Gasteiger partial charge on any atom is -0.359 e. The highest BCUT2D eigenvalue weighted by Crippen LogP contribution is 2.33. The smallest absolute Gasteiger partial charge is 0.225 e. The van der Waals surface area contributed by atoms with Gasteiger partial charge < -0.3 is 4.90 Å². The van der Waals surface area contributed by atoms with Crippen molar-refractivity contribution in [1.29, 1.82) is 0 Å². The van der Waals surface area contributed by atoms with Crippen molar-refractivity contribution in [1.82, 2.24) is 9.97 Å². The molecule has 1 saturated carbocycles. The van der Waals surface area contributed by atoms with E-state index in [4.69, 9.17) is 11.6 Å².